The van der Waals surface area contributed by atoms with Gasteiger partial charge in [0.1, 0.15) is 11.6 Å². The van der Waals surface area contributed by atoms with Crippen LogP contribution in [0.4, 0.5) is 0 Å². The average molecular weight is 227 g/mol. The second-order valence-electron chi connectivity index (χ2n) is 3.77. The lowest BCUT2D eigenvalue weighted by Gasteiger charge is -2.18. The zero-order valence-electron chi connectivity index (χ0n) is 8.79. The number of phenols is 1. The van der Waals surface area contributed by atoms with Crippen molar-refractivity contribution in [3.63, 3.8) is 0 Å². The number of rotatable bonds is 1. The fourth-order valence-electron chi connectivity index (χ4n) is 1.77. The van der Waals surface area contributed by atoms with Crippen LogP contribution in [0.15, 0.2) is 45.9 Å². The van der Waals surface area contributed by atoms with Gasteiger partial charge in [0.05, 0.1) is 5.57 Å². The highest BCUT2D eigenvalue weighted by Crippen LogP contribution is 2.19. The number of aromatic hydroxyl groups is 1. The number of nitrogens with zero attached hydrogens (tertiary/aromatic N) is 2. The normalized spacial score (nSPS) is 21.6. The minimum atomic E-state index is -0.424. The predicted molar refractivity (Wildman–Crippen MR) is 63.1 cm³/mol. The third-order valence-corrected chi connectivity index (χ3v) is 2.65. The van der Waals surface area contributed by atoms with Crippen LogP contribution >= 0.6 is 0 Å². The average Bonchev–Trinajstić information content (AvgIpc) is 2.78. The first-order valence-corrected chi connectivity index (χ1v) is 5.16. The van der Waals surface area contributed by atoms with Gasteiger partial charge in [-0.05, 0) is 30.3 Å². The van der Waals surface area contributed by atoms with Crippen molar-refractivity contribution in [2.24, 2.45) is 9.98 Å². The molecule has 5 heteroatoms. The molecule has 0 aliphatic carbocycles. The standard InChI is InChI=1S/C12H9N3O2/c16-8-3-1-7(2-4-8)10-14-11-9(5-6-13-11)12(17)15-10/h1-6,11,16H,(H,14,15,17). The molecule has 1 amide bonds. The molecule has 5 nitrogen and oxygen atoms in total. The van der Waals surface area contributed by atoms with Crippen LogP contribution in [0.2, 0.25) is 0 Å². The summed E-state index contributed by atoms with van der Waals surface area (Å²) in [6, 6.07) is 6.49. The topological polar surface area (TPSA) is 74.0 Å². The third-order valence-electron chi connectivity index (χ3n) is 2.65. The number of allylic oxidation sites excluding steroid dienone is 1. The van der Waals surface area contributed by atoms with Gasteiger partial charge in [-0.25, -0.2) is 4.99 Å². The molecule has 0 saturated carbocycles. The lowest BCUT2D eigenvalue weighted by molar-refractivity contribution is -0.116. The number of carbonyl (C=O) groups is 1. The largest absolute Gasteiger partial charge is 0.508 e. The van der Waals surface area contributed by atoms with Gasteiger partial charge in [-0.15, -0.1) is 0 Å². The van der Waals surface area contributed by atoms with Crippen LogP contribution in [0.5, 0.6) is 5.75 Å². The second-order valence-corrected chi connectivity index (χ2v) is 3.77. The molecule has 0 spiro atoms. The smallest absolute Gasteiger partial charge is 0.256 e. The van der Waals surface area contributed by atoms with Crippen molar-refractivity contribution in [1.82, 2.24) is 5.32 Å². The number of hydrogen-bond donors (Lipinski definition) is 2. The third kappa shape index (κ3) is 1.61. The molecular formula is C12H9N3O2. The van der Waals surface area contributed by atoms with Gasteiger partial charge in [0.15, 0.2) is 6.17 Å². The van der Waals surface area contributed by atoms with E-state index in [4.69, 9.17) is 0 Å². The number of aliphatic imine (C=N–C) groups is 2. The van der Waals surface area contributed by atoms with E-state index in [0.29, 0.717) is 11.4 Å². The monoisotopic (exact) mass is 227 g/mol. The summed E-state index contributed by atoms with van der Waals surface area (Å²) in [5, 5.41) is 11.9. The lowest BCUT2D eigenvalue weighted by Crippen LogP contribution is -2.39. The molecule has 2 aliphatic heterocycles. The maximum absolute atomic E-state index is 11.7. The maximum Gasteiger partial charge on any atom is 0.256 e. The Labute approximate surface area is 97.2 Å². The van der Waals surface area contributed by atoms with Crippen LogP contribution in [-0.2, 0) is 4.79 Å². The van der Waals surface area contributed by atoms with E-state index in [1.165, 1.54) is 0 Å². The molecule has 0 bridgehead atoms. The summed E-state index contributed by atoms with van der Waals surface area (Å²) < 4.78 is 0. The summed E-state index contributed by atoms with van der Waals surface area (Å²) in [4.78, 5) is 20.2. The molecule has 0 aromatic heterocycles. The number of nitrogens with one attached hydrogen (secondary N) is 1. The van der Waals surface area contributed by atoms with Gasteiger partial charge in [0.2, 0.25) is 0 Å². The van der Waals surface area contributed by atoms with Crippen LogP contribution < -0.4 is 5.32 Å². The first kappa shape index (κ1) is 9.77. The number of amidine groups is 1. The molecular weight excluding hydrogens is 218 g/mol. The molecule has 2 aliphatic rings. The van der Waals surface area contributed by atoms with E-state index in [0.717, 1.165) is 5.56 Å². The van der Waals surface area contributed by atoms with E-state index >= 15 is 0 Å². The molecule has 0 fully saturated rings. The van der Waals surface area contributed by atoms with Crippen molar-refractivity contribution in [3.8, 4) is 5.75 Å². The van der Waals surface area contributed by atoms with E-state index in [1.807, 2.05) is 0 Å². The van der Waals surface area contributed by atoms with E-state index in [2.05, 4.69) is 15.3 Å². The SMILES string of the molecule is O=C1NC(c2ccc(O)cc2)=NC2N=CC=C12. The lowest BCUT2D eigenvalue weighted by atomic mass is 10.1. The van der Waals surface area contributed by atoms with Crippen LogP contribution in [0.25, 0.3) is 0 Å². The van der Waals surface area contributed by atoms with E-state index < -0.39 is 6.17 Å². The summed E-state index contributed by atoms with van der Waals surface area (Å²) in [6.45, 7) is 0. The zero-order chi connectivity index (χ0) is 11.8. The molecule has 3 rings (SSSR count). The molecule has 1 atom stereocenters. The minimum absolute atomic E-state index is 0.175. The number of hydrogen-bond acceptors (Lipinski definition) is 4. The first-order chi connectivity index (χ1) is 8.24. The van der Waals surface area contributed by atoms with Crippen LogP contribution in [0, 0.1) is 0 Å². The van der Waals surface area contributed by atoms with E-state index in [1.54, 1.807) is 36.6 Å². The zero-order valence-corrected chi connectivity index (χ0v) is 8.79. The fraction of sp³-hybridized carbons (Fsp3) is 0.0833. The van der Waals surface area contributed by atoms with Gasteiger partial charge in [-0.2, -0.15) is 0 Å². The highest BCUT2D eigenvalue weighted by atomic mass is 16.3. The van der Waals surface area contributed by atoms with Crippen LogP contribution in [0.3, 0.4) is 0 Å². The van der Waals surface area contributed by atoms with Gasteiger partial charge >= 0.3 is 0 Å². The van der Waals surface area contributed by atoms with Crippen molar-refractivity contribution < 1.29 is 9.90 Å². The first-order valence-electron chi connectivity index (χ1n) is 5.16. The highest BCUT2D eigenvalue weighted by molar-refractivity contribution is 6.16. The maximum atomic E-state index is 11.7. The Balaban J connectivity index is 1.99. The number of amides is 1. The minimum Gasteiger partial charge on any atom is -0.508 e. The van der Waals surface area contributed by atoms with Crippen molar-refractivity contribution in [2.75, 3.05) is 0 Å². The Morgan fingerprint density at radius 1 is 1.24 bits per heavy atom. The van der Waals surface area contributed by atoms with Crippen LogP contribution in [-0.4, -0.2) is 29.2 Å². The van der Waals surface area contributed by atoms with Gasteiger partial charge in [0.25, 0.3) is 5.91 Å². The Morgan fingerprint density at radius 3 is 2.76 bits per heavy atom. The number of phenolic OH excluding ortho intramolecular Hbond substituents is 1. The summed E-state index contributed by atoms with van der Waals surface area (Å²) >= 11 is 0. The molecule has 2 heterocycles. The molecule has 0 saturated heterocycles. The summed E-state index contributed by atoms with van der Waals surface area (Å²) in [5.41, 5.74) is 1.31. The van der Waals surface area contributed by atoms with E-state index in [9.17, 15) is 9.90 Å². The summed E-state index contributed by atoms with van der Waals surface area (Å²) in [7, 11) is 0. The van der Waals surface area contributed by atoms with Crippen molar-refractivity contribution in [1.29, 1.82) is 0 Å². The van der Waals surface area contributed by atoms with Crippen LogP contribution in [0.1, 0.15) is 5.56 Å². The molecule has 0 radical (unpaired) electrons. The van der Waals surface area contributed by atoms with Crippen molar-refractivity contribution in [3.05, 3.63) is 41.5 Å². The molecule has 1 aromatic rings. The molecule has 1 aromatic carbocycles. The molecule has 84 valence electrons. The highest BCUT2D eigenvalue weighted by Gasteiger charge is 2.28. The molecule has 1 unspecified atom stereocenters. The number of fused-ring (bicyclic) bond motifs is 1. The quantitative estimate of drug-likeness (QED) is 0.737. The Hall–Kier alpha value is -2.43. The molecule has 17 heavy (non-hydrogen) atoms. The molecule has 2 N–H and O–H groups in total. The Kier molecular flexibility index (Phi) is 2.04. The number of benzene rings is 1. The predicted octanol–water partition coefficient (Wildman–Crippen LogP) is 0.605. The Bertz CT molecular complexity index is 570. The van der Waals surface area contributed by atoms with Crippen molar-refractivity contribution >= 4 is 18.0 Å². The van der Waals surface area contributed by atoms with Gasteiger partial charge in [-0.1, -0.05) is 0 Å². The number of carbonyl (C=O) groups excluding carboxylic acids is 1. The Morgan fingerprint density at radius 2 is 2.00 bits per heavy atom. The summed E-state index contributed by atoms with van der Waals surface area (Å²) in [6.07, 6.45) is 2.83. The van der Waals surface area contributed by atoms with Gasteiger partial charge < -0.3 is 10.4 Å². The fourth-order valence-corrected chi connectivity index (χ4v) is 1.77. The van der Waals surface area contributed by atoms with Gasteiger partial charge in [-0.3, -0.25) is 9.79 Å². The van der Waals surface area contributed by atoms with Crippen molar-refractivity contribution in [2.45, 2.75) is 6.17 Å². The second kappa shape index (κ2) is 3.55. The summed E-state index contributed by atoms with van der Waals surface area (Å²) in [5.74, 6) is 0.484. The van der Waals surface area contributed by atoms with Gasteiger partial charge in [0, 0.05) is 11.8 Å². The van der Waals surface area contributed by atoms with E-state index in [-0.39, 0.29) is 11.7 Å².